The van der Waals surface area contributed by atoms with Crippen molar-refractivity contribution < 1.29 is 0 Å². The van der Waals surface area contributed by atoms with Gasteiger partial charge in [-0.15, -0.1) is 11.3 Å². The molecule has 1 nitrogen and oxygen atoms in total. The molecule has 1 aromatic carbocycles. The monoisotopic (exact) mass is 237 g/mol. The Kier molecular flexibility index (Phi) is 2.72. The zero-order chi connectivity index (χ0) is 11.0. The van der Waals surface area contributed by atoms with Gasteiger partial charge in [0, 0.05) is 15.5 Å². The molecule has 0 amide bonds. The van der Waals surface area contributed by atoms with Crippen LogP contribution in [0, 0.1) is 13.8 Å². The average Bonchev–Trinajstić information content (AvgIpc) is 2.44. The topological polar surface area (TPSA) is 26.0 Å². The van der Waals surface area contributed by atoms with Crippen molar-refractivity contribution in [2.75, 3.05) is 5.73 Å². The summed E-state index contributed by atoms with van der Waals surface area (Å²) < 4.78 is 0. The Morgan fingerprint density at radius 2 is 1.73 bits per heavy atom. The van der Waals surface area contributed by atoms with Crippen LogP contribution < -0.4 is 5.73 Å². The first-order valence-corrected chi connectivity index (χ1v) is 5.90. The molecule has 3 heteroatoms. The number of benzene rings is 1. The number of nitrogen functional groups attached to an aromatic ring is 1. The number of hydrogen-bond acceptors (Lipinski definition) is 2. The first kappa shape index (κ1) is 10.5. The summed E-state index contributed by atoms with van der Waals surface area (Å²) >= 11 is 7.49. The van der Waals surface area contributed by atoms with Crippen LogP contribution in [0.4, 0.5) is 5.00 Å². The lowest BCUT2D eigenvalue weighted by molar-refractivity contribution is 1.44. The van der Waals surface area contributed by atoms with E-state index in [1.54, 1.807) is 11.3 Å². The van der Waals surface area contributed by atoms with Gasteiger partial charge in [0.2, 0.25) is 0 Å². The molecule has 78 valence electrons. The van der Waals surface area contributed by atoms with Crippen molar-refractivity contribution in [2.24, 2.45) is 0 Å². The van der Waals surface area contributed by atoms with Gasteiger partial charge in [0.25, 0.3) is 0 Å². The van der Waals surface area contributed by atoms with Gasteiger partial charge < -0.3 is 5.73 Å². The Balaban J connectivity index is 2.58. The summed E-state index contributed by atoms with van der Waals surface area (Å²) in [6.45, 7) is 4.20. The summed E-state index contributed by atoms with van der Waals surface area (Å²) in [5.41, 5.74) is 9.55. The number of hydrogen-bond donors (Lipinski definition) is 1. The first-order valence-electron chi connectivity index (χ1n) is 4.71. The van der Waals surface area contributed by atoms with Crippen LogP contribution in [0.5, 0.6) is 0 Å². The minimum absolute atomic E-state index is 0.752. The van der Waals surface area contributed by atoms with E-state index in [-0.39, 0.29) is 0 Å². The Bertz CT molecular complexity index is 485. The van der Waals surface area contributed by atoms with E-state index in [0.717, 1.165) is 21.2 Å². The summed E-state index contributed by atoms with van der Waals surface area (Å²) in [4.78, 5) is 1.28. The smallest absolute Gasteiger partial charge is 0.0941 e. The van der Waals surface area contributed by atoms with Gasteiger partial charge in [-0.2, -0.15) is 0 Å². The Hall–Kier alpha value is -0.990. The maximum atomic E-state index is 6.00. The largest absolute Gasteiger partial charge is 0.390 e. The summed E-state index contributed by atoms with van der Waals surface area (Å²) in [5.74, 6) is 0. The molecule has 2 rings (SSSR count). The number of anilines is 1. The van der Waals surface area contributed by atoms with E-state index in [0.29, 0.717) is 0 Å². The average molecular weight is 238 g/mol. The van der Waals surface area contributed by atoms with Crippen LogP contribution in [0.2, 0.25) is 5.02 Å². The lowest BCUT2D eigenvalue weighted by atomic mass is 10.0. The number of halogens is 1. The van der Waals surface area contributed by atoms with E-state index in [1.165, 1.54) is 10.4 Å². The molecule has 15 heavy (non-hydrogen) atoms. The van der Waals surface area contributed by atoms with Gasteiger partial charge in [0.05, 0.1) is 5.00 Å². The third-order valence-corrected chi connectivity index (χ3v) is 3.83. The highest BCUT2D eigenvalue weighted by Gasteiger charge is 2.11. The fourth-order valence-corrected chi connectivity index (χ4v) is 2.71. The molecular formula is C12H12ClNS. The summed E-state index contributed by atoms with van der Waals surface area (Å²) in [6.07, 6.45) is 0. The number of aryl methyl sites for hydroxylation is 1. The fourth-order valence-electron chi connectivity index (χ4n) is 1.63. The SMILES string of the molecule is Cc1sc(N)c(-c2ccc(Cl)cc2)c1C. The third kappa shape index (κ3) is 1.87. The molecule has 0 atom stereocenters. The van der Waals surface area contributed by atoms with Crippen LogP contribution in [-0.4, -0.2) is 0 Å². The van der Waals surface area contributed by atoms with Crippen LogP contribution in [0.1, 0.15) is 10.4 Å². The highest BCUT2D eigenvalue weighted by atomic mass is 35.5. The molecule has 0 aliphatic carbocycles. The molecule has 1 heterocycles. The van der Waals surface area contributed by atoms with Crippen LogP contribution in [0.25, 0.3) is 11.1 Å². The molecule has 0 fully saturated rings. The first-order chi connectivity index (χ1) is 7.09. The zero-order valence-electron chi connectivity index (χ0n) is 8.67. The lowest BCUT2D eigenvalue weighted by Crippen LogP contribution is -1.85. The molecule has 0 unspecified atom stereocenters. The van der Waals surface area contributed by atoms with E-state index >= 15 is 0 Å². The predicted molar refractivity (Wildman–Crippen MR) is 68.7 cm³/mol. The molecule has 0 bridgehead atoms. The molecule has 2 aromatic rings. The van der Waals surface area contributed by atoms with Crippen molar-refractivity contribution in [3.05, 3.63) is 39.7 Å². The zero-order valence-corrected chi connectivity index (χ0v) is 10.2. The van der Waals surface area contributed by atoms with Crippen molar-refractivity contribution in [3.8, 4) is 11.1 Å². The predicted octanol–water partition coefficient (Wildman–Crippen LogP) is 4.27. The van der Waals surface area contributed by atoms with Gasteiger partial charge in [0.1, 0.15) is 0 Å². The van der Waals surface area contributed by atoms with E-state index in [9.17, 15) is 0 Å². The van der Waals surface area contributed by atoms with E-state index in [4.69, 9.17) is 17.3 Å². The van der Waals surface area contributed by atoms with Crippen LogP contribution in [0.3, 0.4) is 0 Å². The van der Waals surface area contributed by atoms with Crippen molar-refractivity contribution in [3.63, 3.8) is 0 Å². The summed E-state index contributed by atoms with van der Waals surface area (Å²) in [5, 5.41) is 1.63. The third-order valence-electron chi connectivity index (χ3n) is 2.55. The number of rotatable bonds is 1. The molecule has 0 radical (unpaired) electrons. The lowest BCUT2D eigenvalue weighted by Gasteiger charge is -2.02. The molecule has 2 N–H and O–H groups in total. The molecule has 0 aliphatic heterocycles. The summed E-state index contributed by atoms with van der Waals surface area (Å²) in [7, 11) is 0. The van der Waals surface area contributed by atoms with Crippen LogP contribution in [0.15, 0.2) is 24.3 Å². The van der Waals surface area contributed by atoms with Gasteiger partial charge in [-0.25, -0.2) is 0 Å². The summed E-state index contributed by atoms with van der Waals surface area (Å²) in [6, 6.07) is 7.80. The molecule has 0 aliphatic rings. The molecule has 0 saturated heterocycles. The van der Waals surface area contributed by atoms with Crippen molar-refractivity contribution >= 4 is 27.9 Å². The molecule has 0 saturated carbocycles. The van der Waals surface area contributed by atoms with Crippen LogP contribution >= 0.6 is 22.9 Å². The molecule has 1 aromatic heterocycles. The van der Waals surface area contributed by atoms with Gasteiger partial charge in [-0.1, -0.05) is 23.7 Å². The standard InChI is InChI=1S/C12H12ClNS/c1-7-8(2)15-12(14)11(7)9-3-5-10(13)6-4-9/h3-6H,14H2,1-2H3. The van der Waals surface area contributed by atoms with Gasteiger partial charge in [0.15, 0.2) is 0 Å². The molecule has 0 spiro atoms. The minimum Gasteiger partial charge on any atom is -0.390 e. The number of thiophene rings is 1. The normalized spacial score (nSPS) is 10.6. The van der Waals surface area contributed by atoms with Crippen molar-refractivity contribution in [1.29, 1.82) is 0 Å². The van der Waals surface area contributed by atoms with Gasteiger partial charge in [-0.05, 0) is 37.1 Å². The van der Waals surface area contributed by atoms with E-state index in [1.807, 2.05) is 24.3 Å². The minimum atomic E-state index is 0.752. The Morgan fingerprint density at radius 1 is 1.13 bits per heavy atom. The maximum Gasteiger partial charge on any atom is 0.0941 e. The Labute approximate surface area is 98.5 Å². The van der Waals surface area contributed by atoms with E-state index in [2.05, 4.69) is 13.8 Å². The fraction of sp³-hybridized carbons (Fsp3) is 0.167. The second-order valence-corrected chi connectivity index (χ2v) is 5.22. The number of nitrogens with two attached hydrogens (primary N) is 1. The van der Waals surface area contributed by atoms with Crippen molar-refractivity contribution in [1.82, 2.24) is 0 Å². The maximum absolute atomic E-state index is 6.00. The second-order valence-electron chi connectivity index (χ2n) is 3.53. The highest BCUT2D eigenvalue weighted by molar-refractivity contribution is 7.16. The van der Waals surface area contributed by atoms with Gasteiger partial charge >= 0.3 is 0 Å². The Morgan fingerprint density at radius 3 is 2.20 bits per heavy atom. The van der Waals surface area contributed by atoms with E-state index < -0.39 is 0 Å². The molecular weight excluding hydrogens is 226 g/mol. The quantitative estimate of drug-likeness (QED) is 0.788. The van der Waals surface area contributed by atoms with Gasteiger partial charge in [-0.3, -0.25) is 0 Å². The highest BCUT2D eigenvalue weighted by Crippen LogP contribution is 2.38. The van der Waals surface area contributed by atoms with Crippen LogP contribution in [-0.2, 0) is 0 Å². The second kappa shape index (κ2) is 3.87. The van der Waals surface area contributed by atoms with Crippen molar-refractivity contribution in [2.45, 2.75) is 13.8 Å².